The van der Waals surface area contributed by atoms with Gasteiger partial charge in [-0.15, -0.1) is 0 Å². The zero-order valence-corrected chi connectivity index (χ0v) is 11.2. The minimum absolute atomic E-state index is 0.495. The van der Waals surface area contributed by atoms with E-state index < -0.39 is 0 Å². The molecule has 17 heavy (non-hydrogen) atoms. The van der Waals surface area contributed by atoms with Gasteiger partial charge in [-0.05, 0) is 38.1 Å². The van der Waals surface area contributed by atoms with Crippen molar-refractivity contribution in [3.8, 4) is 0 Å². The van der Waals surface area contributed by atoms with Gasteiger partial charge >= 0.3 is 0 Å². The maximum atomic E-state index is 5.95. The molecule has 1 aliphatic heterocycles. The van der Waals surface area contributed by atoms with Gasteiger partial charge in [0.25, 0.3) is 0 Å². The van der Waals surface area contributed by atoms with Gasteiger partial charge in [0.05, 0.1) is 21.4 Å². The van der Waals surface area contributed by atoms with Crippen LogP contribution in [0.25, 0.3) is 0 Å². The van der Waals surface area contributed by atoms with Crippen LogP contribution in [0, 0.1) is 0 Å². The summed E-state index contributed by atoms with van der Waals surface area (Å²) in [6.45, 7) is 4.33. The first-order valence-corrected chi connectivity index (χ1v) is 6.63. The van der Waals surface area contributed by atoms with Crippen LogP contribution in [0.4, 0.5) is 11.4 Å². The summed E-state index contributed by atoms with van der Waals surface area (Å²) in [6, 6.07) is 3.46. The Morgan fingerprint density at radius 1 is 1.18 bits per heavy atom. The zero-order chi connectivity index (χ0) is 12.3. The molecule has 0 atom stereocenters. The number of nitrogens with one attached hydrogen (secondary N) is 1. The molecule has 0 unspecified atom stereocenters. The molecule has 3 N–H and O–H groups in total. The first-order valence-electron chi connectivity index (χ1n) is 5.87. The van der Waals surface area contributed by atoms with E-state index in [2.05, 4.69) is 10.2 Å². The van der Waals surface area contributed by atoms with Gasteiger partial charge in [-0.2, -0.15) is 0 Å². The monoisotopic (exact) mass is 273 g/mol. The van der Waals surface area contributed by atoms with Crippen molar-refractivity contribution in [2.75, 3.05) is 37.2 Å². The third-order valence-electron chi connectivity index (χ3n) is 3.03. The largest absolute Gasteiger partial charge is 0.397 e. The Bertz CT molecular complexity index is 390. The second-order valence-electron chi connectivity index (χ2n) is 4.33. The fourth-order valence-corrected chi connectivity index (χ4v) is 2.41. The summed E-state index contributed by atoms with van der Waals surface area (Å²) in [4.78, 5) is 2.45. The van der Waals surface area contributed by atoms with E-state index in [1.54, 1.807) is 12.1 Å². The van der Waals surface area contributed by atoms with Crippen molar-refractivity contribution in [2.45, 2.75) is 12.8 Å². The number of hydrogen-bond donors (Lipinski definition) is 2. The Kier molecular flexibility index (Phi) is 4.37. The lowest BCUT2D eigenvalue weighted by atomic mass is 10.2. The summed E-state index contributed by atoms with van der Waals surface area (Å²) in [7, 11) is 0. The van der Waals surface area contributed by atoms with Crippen molar-refractivity contribution in [2.24, 2.45) is 0 Å². The molecule has 5 heteroatoms. The van der Waals surface area contributed by atoms with Gasteiger partial charge in [0.15, 0.2) is 0 Å². The predicted octanol–water partition coefficient (Wildman–Crippen LogP) is 3.08. The Labute approximate surface area is 112 Å². The third-order valence-corrected chi connectivity index (χ3v) is 3.76. The number of rotatable bonds is 4. The molecule has 0 amide bonds. The van der Waals surface area contributed by atoms with Crippen LogP contribution in [0.5, 0.6) is 0 Å². The maximum Gasteiger partial charge on any atom is 0.0614 e. The molecule has 0 aliphatic carbocycles. The molecule has 1 heterocycles. The molecule has 0 radical (unpaired) electrons. The number of benzene rings is 1. The smallest absolute Gasteiger partial charge is 0.0614 e. The molecule has 0 saturated carbocycles. The lowest BCUT2D eigenvalue weighted by molar-refractivity contribution is 0.353. The van der Waals surface area contributed by atoms with Gasteiger partial charge in [-0.3, -0.25) is 0 Å². The van der Waals surface area contributed by atoms with Crippen LogP contribution in [-0.4, -0.2) is 31.1 Å². The first kappa shape index (κ1) is 12.8. The van der Waals surface area contributed by atoms with Gasteiger partial charge in [0.2, 0.25) is 0 Å². The fourth-order valence-electron chi connectivity index (χ4n) is 2.07. The van der Waals surface area contributed by atoms with Gasteiger partial charge in [0, 0.05) is 13.1 Å². The van der Waals surface area contributed by atoms with Gasteiger partial charge in [0.1, 0.15) is 0 Å². The Balaban J connectivity index is 1.87. The molecule has 1 fully saturated rings. The lowest BCUT2D eigenvalue weighted by Gasteiger charge is -2.16. The van der Waals surface area contributed by atoms with E-state index in [4.69, 9.17) is 28.9 Å². The number of nitrogen functional groups attached to an aromatic ring is 1. The van der Waals surface area contributed by atoms with E-state index in [9.17, 15) is 0 Å². The number of hydrogen-bond acceptors (Lipinski definition) is 3. The number of halogens is 2. The maximum absolute atomic E-state index is 5.95. The van der Waals surface area contributed by atoms with Crippen LogP contribution in [0.15, 0.2) is 12.1 Å². The van der Waals surface area contributed by atoms with Crippen LogP contribution in [-0.2, 0) is 0 Å². The van der Waals surface area contributed by atoms with Crippen molar-refractivity contribution < 1.29 is 0 Å². The van der Waals surface area contributed by atoms with Crippen molar-refractivity contribution in [1.29, 1.82) is 0 Å². The fraction of sp³-hybridized carbons (Fsp3) is 0.500. The van der Waals surface area contributed by atoms with Gasteiger partial charge < -0.3 is 16.0 Å². The summed E-state index contributed by atoms with van der Waals surface area (Å²) < 4.78 is 0. The summed E-state index contributed by atoms with van der Waals surface area (Å²) in [5.41, 5.74) is 7.36. The standard InChI is InChI=1S/C12H17Cl2N3/c13-9-7-11(15)12(8-10(9)14)16-3-6-17-4-1-2-5-17/h7-8,16H,1-6,15H2. The average molecular weight is 274 g/mol. The number of anilines is 2. The third kappa shape index (κ3) is 3.41. The first-order chi connectivity index (χ1) is 8.16. The number of nitrogens with two attached hydrogens (primary N) is 1. The molecule has 0 bridgehead atoms. The second kappa shape index (κ2) is 5.80. The lowest BCUT2D eigenvalue weighted by Crippen LogP contribution is -2.26. The Morgan fingerprint density at radius 2 is 1.82 bits per heavy atom. The highest BCUT2D eigenvalue weighted by molar-refractivity contribution is 6.42. The molecular weight excluding hydrogens is 257 g/mol. The SMILES string of the molecule is Nc1cc(Cl)c(Cl)cc1NCCN1CCCC1. The highest BCUT2D eigenvalue weighted by atomic mass is 35.5. The molecule has 2 rings (SSSR count). The predicted molar refractivity (Wildman–Crippen MR) is 75.0 cm³/mol. The van der Waals surface area contributed by atoms with Crippen LogP contribution in [0.3, 0.4) is 0 Å². The normalized spacial score (nSPS) is 16.4. The topological polar surface area (TPSA) is 41.3 Å². The molecule has 3 nitrogen and oxygen atoms in total. The van der Waals surface area contributed by atoms with Crippen LogP contribution in [0.1, 0.15) is 12.8 Å². The van der Waals surface area contributed by atoms with Crippen molar-refractivity contribution >= 4 is 34.6 Å². The minimum Gasteiger partial charge on any atom is -0.397 e. The molecule has 94 valence electrons. The van der Waals surface area contributed by atoms with E-state index in [1.165, 1.54) is 25.9 Å². The van der Waals surface area contributed by atoms with Crippen molar-refractivity contribution in [3.63, 3.8) is 0 Å². The van der Waals surface area contributed by atoms with Crippen molar-refractivity contribution in [1.82, 2.24) is 4.90 Å². The quantitative estimate of drug-likeness (QED) is 0.829. The van der Waals surface area contributed by atoms with Gasteiger partial charge in [-0.1, -0.05) is 23.2 Å². The Morgan fingerprint density at radius 3 is 2.53 bits per heavy atom. The second-order valence-corrected chi connectivity index (χ2v) is 5.14. The van der Waals surface area contributed by atoms with E-state index in [0.717, 1.165) is 18.8 Å². The Hall–Kier alpha value is -0.640. The van der Waals surface area contributed by atoms with E-state index in [1.807, 2.05) is 0 Å². The molecule has 1 aromatic carbocycles. The van der Waals surface area contributed by atoms with E-state index in [-0.39, 0.29) is 0 Å². The molecule has 1 aromatic rings. The van der Waals surface area contributed by atoms with Crippen LogP contribution < -0.4 is 11.1 Å². The number of likely N-dealkylation sites (tertiary alicyclic amines) is 1. The molecular formula is C12H17Cl2N3. The summed E-state index contributed by atoms with van der Waals surface area (Å²) in [5, 5.41) is 4.32. The summed E-state index contributed by atoms with van der Waals surface area (Å²) >= 11 is 11.8. The zero-order valence-electron chi connectivity index (χ0n) is 9.68. The highest BCUT2D eigenvalue weighted by Gasteiger charge is 2.11. The molecule has 1 aliphatic rings. The van der Waals surface area contributed by atoms with E-state index >= 15 is 0 Å². The summed E-state index contributed by atoms with van der Waals surface area (Å²) in [6.07, 6.45) is 2.63. The average Bonchev–Trinajstić information content (AvgIpc) is 2.78. The highest BCUT2D eigenvalue weighted by Crippen LogP contribution is 2.30. The molecule has 0 aromatic heterocycles. The number of nitrogens with zero attached hydrogens (tertiary/aromatic N) is 1. The molecule has 1 saturated heterocycles. The minimum atomic E-state index is 0.495. The molecule has 0 spiro atoms. The van der Waals surface area contributed by atoms with Crippen LogP contribution >= 0.6 is 23.2 Å². The van der Waals surface area contributed by atoms with Crippen molar-refractivity contribution in [3.05, 3.63) is 22.2 Å². The van der Waals surface area contributed by atoms with Crippen LogP contribution in [0.2, 0.25) is 10.0 Å². The van der Waals surface area contributed by atoms with E-state index in [0.29, 0.717) is 15.7 Å². The van der Waals surface area contributed by atoms with Gasteiger partial charge in [-0.25, -0.2) is 0 Å². The summed E-state index contributed by atoms with van der Waals surface area (Å²) in [5.74, 6) is 0.